The predicted molar refractivity (Wildman–Crippen MR) is 101 cm³/mol. The second-order valence-electron chi connectivity index (χ2n) is 7.85. The highest BCUT2D eigenvalue weighted by molar-refractivity contribution is 5.97. The Morgan fingerprint density at radius 2 is 1.66 bits per heavy atom. The molecule has 1 aliphatic carbocycles. The molecule has 2 N–H and O–H groups in total. The van der Waals surface area contributed by atoms with Crippen LogP contribution in [-0.2, 0) is 19.1 Å². The monoisotopic (exact) mass is 405 g/mol. The Bertz CT molecular complexity index is 801. The van der Waals surface area contributed by atoms with Gasteiger partial charge in [-0.3, -0.25) is 9.59 Å². The largest absolute Gasteiger partial charge is 0.479 e. The van der Waals surface area contributed by atoms with Gasteiger partial charge in [0.25, 0.3) is 5.91 Å². The fraction of sp³-hybridized carbons (Fsp3) is 0.550. The number of amides is 2. The summed E-state index contributed by atoms with van der Waals surface area (Å²) in [6, 6.07) is 6.28. The number of carboxylic acids is 1. The van der Waals surface area contributed by atoms with Crippen molar-refractivity contribution < 1.29 is 28.6 Å². The van der Waals surface area contributed by atoms with Crippen molar-refractivity contribution in [1.82, 2.24) is 10.2 Å². The molecule has 9 heteroatoms. The number of nitrogens with one attached hydrogen (secondary N) is 1. The van der Waals surface area contributed by atoms with Gasteiger partial charge in [0.05, 0.1) is 0 Å². The SMILES string of the molecule is O=C(O)[C@H]1O[C@@H]1C(=O)NC1(C(=O)N2CCN(c3ccc(F)cc3)CC2)CCCC1. The molecule has 2 aliphatic heterocycles. The van der Waals surface area contributed by atoms with Gasteiger partial charge in [0.1, 0.15) is 11.4 Å². The van der Waals surface area contributed by atoms with E-state index < -0.39 is 29.6 Å². The number of rotatable bonds is 5. The molecule has 0 unspecified atom stereocenters. The van der Waals surface area contributed by atoms with Gasteiger partial charge < -0.3 is 25.0 Å². The molecule has 0 spiro atoms. The van der Waals surface area contributed by atoms with E-state index in [1.165, 1.54) is 12.1 Å². The van der Waals surface area contributed by atoms with Gasteiger partial charge in [0, 0.05) is 31.9 Å². The van der Waals surface area contributed by atoms with Gasteiger partial charge in [-0.25, -0.2) is 9.18 Å². The Labute approximate surface area is 167 Å². The zero-order valence-electron chi connectivity index (χ0n) is 16.0. The van der Waals surface area contributed by atoms with Crippen LogP contribution in [0.2, 0.25) is 0 Å². The van der Waals surface area contributed by atoms with Crippen LogP contribution in [0.4, 0.5) is 10.1 Å². The average Bonchev–Trinajstić information content (AvgIpc) is 3.41. The van der Waals surface area contributed by atoms with Crippen LogP contribution in [0, 0.1) is 5.82 Å². The Hall–Kier alpha value is -2.68. The highest BCUT2D eigenvalue weighted by Crippen LogP contribution is 2.34. The summed E-state index contributed by atoms with van der Waals surface area (Å²) >= 11 is 0. The maximum Gasteiger partial charge on any atom is 0.336 e. The van der Waals surface area contributed by atoms with Crippen LogP contribution in [-0.4, -0.2) is 71.7 Å². The summed E-state index contributed by atoms with van der Waals surface area (Å²) in [5.74, 6) is -2.10. The first kappa shape index (κ1) is 19.6. The summed E-state index contributed by atoms with van der Waals surface area (Å²) in [7, 11) is 0. The molecule has 1 saturated carbocycles. The van der Waals surface area contributed by atoms with E-state index in [1.54, 1.807) is 17.0 Å². The quantitative estimate of drug-likeness (QED) is 0.701. The molecule has 8 nitrogen and oxygen atoms in total. The summed E-state index contributed by atoms with van der Waals surface area (Å²) in [5.41, 5.74) is -0.0718. The molecule has 1 aromatic rings. The molecule has 4 rings (SSSR count). The molecule has 3 fully saturated rings. The van der Waals surface area contributed by atoms with E-state index in [0.717, 1.165) is 18.5 Å². The van der Waals surface area contributed by atoms with Gasteiger partial charge in [-0.05, 0) is 37.1 Å². The van der Waals surface area contributed by atoms with E-state index in [4.69, 9.17) is 9.84 Å². The molecular formula is C20H24FN3O5. The van der Waals surface area contributed by atoms with Gasteiger partial charge in [-0.1, -0.05) is 12.8 Å². The number of carbonyl (C=O) groups excluding carboxylic acids is 2. The molecule has 0 radical (unpaired) electrons. The topological polar surface area (TPSA) is 102 Å². The molecular weight excluding hydrogens is 381 g/mol. The van der Waals surface area contributed by atoms with Crippen LogP contribution < -0.4 is 10.2 Å². The molecule has 156 valence electrons. The number of ether oxygens (including phenoxy) is 1. The smallest absolute Gasteiger partial charge is 0.336 e. The van der Waals surface area contributed by atoms with Gasteiger partial charge in [0.2, 0.25) is 5.91 Å². The number of halogens is 1. The van der Waals surface area contributed by atoms with Crippen LogP contribution in [0.25, 0.3) is 0 Å². The van der Waals surface area contributed by atoms with Gasteiger partial charge >= 0.3 is 5.97 Å². The lowest BCUT2D eigenvalue weighted by molar-refractivity contribution is -0.142. The maximum absolute atomic E-state index is 13.3. The summed E-state index contributed by atoms with van der Waals surface area (Å²) < 4.78 is 18.0. The summed E-state index contributed by atoms with van der Waals surface area (Å²) in [4.78, 5) is 40.5. The number of piperazine rings is 1. The van der Waals surface area contributed by atoms with Crippen molar-refractivity contribution in [3.63, 3.8) is 0 Å². The summed E-state index contributed by atoms with van der Waals surface area (Å²) in [5, 5.41) is 11.8. The van der Waals surface area contributed by atoms with Gasteiger partial charge in [0.15, 0.2) is 12.2 Å². The number of hydrogen-bond donors (Lipinski definition) is 2. The first-order valence-corrected chi connectivity index (χ1v) is 9.90. The normalized spacial score (nSPS) is 25.6. The molecule has 0 bridgehead atoms. The van der Waals surface area contributed by atoms with E-state index in [-0.39, 0.29) is 11.7 Å². The van der Waals surface area contributed by atoms with Crippen molar-refractivity contribution >= 4 is 23.5 Å². The number of carboxylic acid groups (broad SMARTS) is 1. The Morgan fingerprint density at radius 3 is 2.21 bits per heavy atom. The van der Waals surface area contributed by atoms with Crippen LogP contribution >= 0.6 is 0 Å². The molecule has 0 aromatic heterocycles. The third-order valence-corrected chi connectivity index (χ3v) is 5.98. The fourth-order valence-corrected chi connectivity index (χ4v) is 4.30. The summed E-state index contributed by atoms with van der Waals surface area (Å²) in [6.45, 7) is 2.25. The molecule has 2 saturated heterocycles. The number of aliphatic carboxylic acids is 1. The van der Waals surface area contributed by atoms with Crippen molar-refractivity contribution in [2.45, 2.75) is 43.4 Å². The van der Waals surface area contributed by atoms with Crippen LogP contribution in [0.1, 0.15) is 25.7 Å². The zero-order valence-corrected chi connectivity index (χ0v) is 16.0. The minimum atomic E-state index is -1.17. The predicted octanol–water partition coefficient (Wildman–Crippen LogP) is 0.755. The maximum atomic E-state index is 13.3. The van der Waals surface area contributed by atoms with Crippen LogP contribution in [0.15, 0.2) is 24.3 Å². The first-order valence-electron chi connectivity index (χ1n) is 9.90. The van der Waals surface area contributed by atoms with E-state index in [0.29, 0.717) is 39.0 Å². The lowest BCUT2D eigenvalue weighted by Crippen LogP contribution is -2.62. The Balaban J connectivity index is 1.38. The first-order chi connectivity index (χ1) is 13.9. The van der Waals surface area contributed by atoms with Crippen molar-refractivity contribution in [3.8, 4) is 0 Å². The van der Waals surface area contributed by atoms with Crippen LogP contribution in [0.3, 0.4) is 0 Å². The lowest BCUT2D eigenvalue weighted by Gasteiger charge is -2.40. The van der Waals surface area contributed by atoms with Crippen molar-refractivity contribution in [2.24, 2.45) is 0 Å². The molecule has 2 heterocycles. The van der Waals surface area contributed by atoms with Gasteiger partial charge in [-0.2, -0.15) is 0 Å². The van der Waals surface area contributed by atoms with E-state index in [9.17, 15) is 18.8 Å². The standard InChI is InChI=1S/C20H24FN3O5/c21-13-3-5-14(6-4-13)23-9-11-24(12-10-23)19(28)20(7-1-2-8-20)22-17(25)15-16(29-15)18(26)27/h3-6,15-16H,1-2,7-12H2,(H,22,25)(H,26,27)/t15-,16-/m0/s1. The van der Waals surface area contributed by atoms with Crippen molar-refractivity contribution in [2.75, 3.05) is 31.1 Å². The second kappa shape index (κ2) is 7.62. The van der Waals surface area contributed by atoms with E-state index in [1.807, 2.05) is 0 Å². The second-order valence-corrected chi connectivity index (χ2v) is 7.85. The minimum Gasteiger partial charge on any atom is -0.479 e. The highest BCUT2D eigenvalue weighted by atomic mass is 19.1. The van der Waals surface area contributed by atoms with Crippen molar-refractivity contribution in [3.05, 3.63) is 30.1 Å². The minimum absolute atomic E-state index is 0.116. The molecule has 29 heavy (non-hydrogen) atoms. The van der Waals surface area contributed by atoms with Crippen molar-refractivity contribution in [1.29, 1.82) is 0 Å². The molecule has 1 aromatic carbocycles. The third-order valence-electron chi connectivity index (χ3n) is 5.98. The number of hydrogen-bond acceptors (Lipinski definition) is 5. The number of carbonyl (C=O) groups is 3. The zero-order chi connectivity index (χ0) is 20.6. The Kier molecular flexibility index (Phi) is 5.16. The molecule has 3 aliphatic rings. The number of anilines is 1. The van der Waals surface area contributed by atoms with E-state index >= 15 is 0 Å². The number of epoxide rings is 1. The number of benzene rings is 1. The Morgan fingerprint density at radius 1 is 1.03 bits per heavy atom. The van der Waals surface area contributed by atoms with Crippen LogP contribution in [0.5, 0.6) is 0 Å². The molecule has 2 amide bonds. The highest BCUT2D eigenvalue weighted by Gasteiger charge is 2.54. The third kappa shape index (κ3) is 3.91. The lowest BCUT2D eigenvalue weighted by atomic mass is 9.94. The molecule has 2 atom stereocenters. The summed E-state index contributed by atoms with van der Waals surface area (Å²) in [6.07, 6.45) is 0.599. The van der Waals surface area contributed by atoms with Gasteiger partial charge in [-0.15, -0.1) is 0 Å². The fourth-order valence-electron chi connectivity index (χ4n) is 4.30. The average molecular weight is 405 g/mol. The van der Waals surface area contributed by atoms with E-state index in [2.05, 4.69) is 10.2 Å². The number of nitrogens with zero attached hydrogens (tertiary/aromatic N) is 2.